The molecular formula is C16H26N4O2. The Morgan fingerprint density at radius 3 is 2.55 bits per heavy atom. The maximum atomic E-state index is 9.04. The number of nitrogens with one attached hydrogen (secondary N) is 1. The Balaban J connectivity index is 1.80. The maximum absolute atomic E-state index is 9.04. The van der Waals surface area contributed by atoms with Crippen LogP contribution in [0.4, 0.5) is 0 Å². The van der Waals surface area contributed by atoms with Gasteiger partial charge in [-0.25, -0.2) is 0 Å². The highest BCUT2D eigenvalue weighted by Gasteiger charge is 2.11. The summed E-state index contributed by atoms with van der Waals surface area (Å²) in [5, 5.41) is 20.9. The molecule has 2 aromatic heterocycles. The van der Waals surface area contributed by atoms with E-state index in [0.29, 0.717) is 6.54 Å². The molecule has 22 heavy (non-hydrogen) atoms. The van der Waals surface area contributed by atoms with Crippen molar-refractivity contribution in [3.05, 3.63) is 34.0 Å². The van der Waals surface area contributed by atoms with Gasteiger partial charge in [0, 0.05) is 23.4 Å². The Morgan fingerprint density at radius 1 is 1.14 bits per heavy atom. The summed E-state index contributed by atoms with van der Waals surface area (Å²) in [5.41, 5.74) is 5.61. The van der Waals surface area contributed by atoms with Crippen LogP contribution in [0.5, 0.6) is 0 Å². The zero-order valence-electron chi connectivity index (χ0n) is 13.9. The molecule has 0 atom stereocenters. The molecule has 0 amide bonds. The molecule has 0 fully saturated rings. The van der Waals surface area contributed by atoms with E-state index in [1.807, 2.05) is 25.5 Å². The van der Waals surface area contributed by atoms with Gasteiger partial charge in [0.1, 0.15) is 5.76 Å². The summed E-state index contributed by atoms with van der Waals surface area (Å²) in [6.45, 7) is 10.4. The van der Waals surface area contributed by atoms with Crippen LogP contribution in [0.1, 0.15) is 40.4 Å². The molecule has 0 aliphatic rings. The molecular weight excluding hydrogens is 280 g/mol. The number of hydrogen-bond acceptors (Lipinski definition) is 5. The first-order valence-electron chi connectivity index (χ1n) is 7.80. The van der Waals surface area contributed by atoms with Crippen molar-refractivity contribution in [3.8, 4) is 0 Å². The van der Waals surface area contributed by atoms with Gasteiger partial charge in [-0.3, -0.25) is 4.68 Å². The lowest BCUT2D eigenvalue weighted by Crippen LogP contribution is -2.16. The average Bonchev–Trinajstić information content (AvgIpc) is 2.93. The predicted molar refractivity (Wildman–Crippen MR) is 84.8 cm³/mol. The number of nitrogens with zero attached hydrogens (tertiary/aromatic N) is 3. The first-order chi connectivity index (χ1) is 10.5. The number of rotatable bonds is 8. The topological polar surface area (TPSA) is 76.1 Å². The molecule has 0 aromatic carbocycles. The summed E-state index contributed by atoms with van der Waals surface area (Å²) in [6.07, 6.45) is 2.03. The highest BCUT2D eigenvalue weighted by Crippen LogP contribution is 2.15. The Morgan fingerprint density at radius 2 is 1.91 bits per heavy atom. The predicted octanol–water partition coefficient (Wildman–Crippen LogP) is 1.82. The first-order valence-corrected chi connectivity index (χ1v) is 7.80. The van der Waals surface area contributed by atoms with Gasteiger partial charge in [0.2, 0.25) is 0 Å². The summed E-state index contributed by atoms with van der Waals surface area (Å²) in [6, 6.07) is 0. The zero-order chi connectivity index (χ0) is 16.1. The number of hydrogen-bond donors (Lipinski definition) is 2. The van der Waals surface area contributed by atoms with Gasteiger partial charge in [0.15, 0.2) is 0 Å². The van der Waals surface area contributed by atoms with Crippen molar-refractivity contribution in [2.75, 3.05) is 13.2 Å². The molecule has 6 nitrogen and oxygen atoms in total. The molecule has 0 unspecified atom stereocenters. The normalized spacial score (nSPS) is 11.3. The molecule has 0 spiro atoms. The van der Waals surface area contributed by atoms with Crippen molar-refractivity contribution in [3.63, 3.8) is 0 Å². The molecule has 0 radical (unpaired) electrons. The van der Waals surface area contributed by atoms with Crippen LogP contribution in [-0.2, 0) is 19.5 Å². The van der Waals surface area contributed by atoms with Crippen LogP contribution in [0, 0.1) is 27.7 Å². The van der Waals surface area contributed by atoms with E-state index >= 15 is 0 Å². The fraction of sp³-hybridized carbons (Fsp3) is 0.625. The second-order valence-electron chi connectivity index (χ2n) is 5.68. The minimum Gasteiger partial charge on any atom is -0.394 e. The van der Waals surface area contributed by atoms with E-state index in [4.69, 9.17) is 9.63 Å². The van der Waals surface area contributed by atoms with E-state index < -0.39 is 0 Å². The third kappa shape index (κ3) is 3.75. The number of aliphatic hydroxyl groups excluding tert-OH is 1. The van der Waals surface area contributed by atoms with E-state index in [9.17, 15) is 0 Å². The molecule has 122 valence electrons. The number of aliphatic hydroxyl groups is 1. The highest BCUT2D eigenvalue weighted by molar-refractivity contribution is 5.24. The lowest BCUT2D eigenvalue weighted by Gasteiger charge is -2.06. The largest absolute Gasteiger partial charge is 0.394 e. The quantitative estimate of drug-likeness (QED) is 0.728. The van der Waals surface area contributed by atoms with E-state index in [2.05, 4.69) is 22.5 Å². The smallest absolute Gasteiger partial charge is 0.137 e. The van der Waals surface area contributed by atoms with Crippen LogP contribution in [-0.4, -0.2) is 33.2 Å². The average molecular weight is 306 g/mol. The Kier molecular flexibility index (Phi) is 5.74. The SMILES string of the molecule is Cc1noc(C)c1CCCNCc1c(C)nn(CCO)c1C. The molecule has 0 saturated heterocycles. The van der Waals surface area contributed by atoms with Crippen molar-refractivity contribution < 1.29 is 9.63 Å². The molecule has 0 saturated carbocycles. The van der Waals surface area contributed by atoms with E-state index in [1.54, 1.807) is 0 Å². The fourth-order valence-corrected chi connectivity index (χ4v) is 2.76. The molecule has 0 bridgehead atoms. The lowest BCUT2D eigenvalue weighted by atomic mass is 10.1. The van der Waals surface area contributed by atoms with Crippen molar-refractivity contribution in [1.82, 2.24) is 20.3 Å². The summed E-state index contributed by atoms with van der Waals surface area (Å²) < 4.78 is 7.05. The van der Waals surface area contributed by atoms with E-state index in [1.165, 1.54) is 11.1 Å². The highest BCUT2D eigenvalue weighted by atomic mass is 16.5. The lowest BCUT2D eigenvalue weighted by molar-refractivity contribution is 0.267. The van der Waals surface area contributed by atoms with Gasteiger partial charge in [-0.2, -0.15) is 5.10 Å². The van der Waals surface area contributed by atoms with Crippen molar-refractivity contribution in [2.24, 2.45) is 0 Å². The van der Waals surface area contributed by atoms with Crippen LogP contribution < -0.4 is 5.32 Å². The summed E-state index contributed by atoms with van der Waals surface area (Å²) >= 11 is 0. The maximum Gasteiger partial charge on any atom is 0.137 e. The van der Waals surface area contributed by atoms with Crippen molar-refractivity contribution in [2.45, 2.75) is 53.6 Å². The minimum absolute atomic E-state index is 0.117. The van der Waals surface area contributed by atoms with Crippen molar-refractivity contribution >= 4 is 0 Å². The third-order valence-corrected chi connectivity index (χ3v) is 4.11. The molecule has 0 aliphatic heterocycles. The van der Waals surface area contributed by atoms with Crippen LogP contribution in [0.3, 0.4) is 0 Å². The minimum atomic E-state index is 0.117. The second-order valence-corrected chi connectivity index (χ2v) is 5.68. The Labute approximate surface area is 131 Å². The van der Waals surface area contributed by atoms with Gasteiger partial charge in [0.05, 0.1) is 24.5 Å². The third-order valence-electron chi connectivity index (χ3n) is 4.11. The number of aryl methyl sites for hydroxylation is 3. The van der Waals surface area contributed by atoms with Crippen LogP contribution >= 0.6 is 0 Å². The zero-order valence-corrected chi connectivity index (χ0v) is 13.9. The molecule has 2 heterocycles. The van der Waals surface area contributed by atoms with Crippen molar-refractivity contribution in [1.29, 1.82) is 0 Å². The molecule has 6 heteroatoms. The fourth-order valence-electron chi connectivity index (χ4n) is 2.76. The first kappa shape index (κ1) is 16.7. The van der Waals surface area contributed by atoms with Gasteiger partial charge >= 0.3 is 0 Å². The number of aromatic nitrogens is 3. The van der Waals surface area contributed by atoms with Gasteiger partial charge in [-0.15, -0.1) is 0 Å². The van der Waals surface area contributed by atoms with E-state index in [0.717, 1.165) is 48.8 Å². The van der Waals surface area contributed by atoms with Crippen LogP contribution in [0.25, 0.3) is 0 Å². The van der Waals surface area contributed by atoms with Gasteiger partial charge in [0.25, 0.3) is 0 Å². The van der Waals surface area contributed by atoms with Gasteiger partial charge < -0.3 is 14.9 Å². The van der Waals surface area contributed by atoms with E-state index in [-0.39, 0.29) is 6.61 Å². The summed E-state index contributed by atoms with van der Waals surface area (Å²) in [7, 11) is 0. The molecule has 2 N–H and O–H groups in total. The Bertz CT molecular complexity index is 596. The van der Waals surface area contributed by atoms with Crippen LogP contribution in [0.2, 0.25) is 0 Å². The standard InChI is InChI=1S/C16H26N4O2/c1-11-16(13(3)20(18-11)8-9-21)10-17-7-5-6-15-12(2)19-22-14(15)4/h17,21H,5-10H2,1-4H3. The molecule has 2 rings (SSSR count). The Hall–Kier alpha value is -1.66. The monoisotopic (exact) mass is 306 g/mol. The van der Waals surface area contributed by atoms with Crippen LogP contribution in [0.15, 0.2) is 4.52 Å². The summed E-state index contributed by atoms with van der Waals surface area (Å²) in [4.78, 5) is 0. The molecule has 2 aromatic rings. The van der Waals surface area contributed by atoms with Gasteiger partial charge in [-0.05, 0) is 47.1 Å². The summed E-state index contributed by atoms with van der Waals surface area (Å²) in [5.74, 6) is 0.925. The second kappa shape index (κ2) is 7.56. The van der Waals surface area contributed by atoms with Gasteiger partial charge in [-0.1, -0.05) is 5.16 Å². The molecule has 0 aliphatic carbocycles.